The molecular formula is C22H24ClN3O3. The van der Waals surface area contributed by atoms with Gasteiger partial charge in [0.05, 0.1) is 25.7 Å². The van der Waals surface area contributed by atoms with Crippen molar-refractivity contribution in [2.75, 3.05) is 12.4 Å². The number of hydrogen-bond acceptors (Lipinski definition) is 4. The number of rotatable bonds is 9. The van der Waals surface area contributed by atoms with Crippen molar-refractivity contribution in [3.63, 3.8) is 0 Å². The number of hydrogen-bond donors (Lipinski definition) is 1. The molecule has 29 heavy (non-hydrogen) atoms. The number of anilines is 1. The highest BCUT2D eigenvalue weighted by molar-refractivity contribution is 6.30. The zero-order chi connectivity index (χ0) is 20.6. The van der Waals surface area contributed by atoms with Gasteiger partial charge in [0.2, 0.25) is 5.91 Å². The molecule has 6 nitrogen and oxygen atoms in total. The van der Waals surface area contributed by atoms with Gasteiger partial charge in [-0.05, 0) is 42.7 Å². The monoisotopic (exact) mass is 413 g/mol. The fourth-order valence-corrected chi connectivity index (χ4v) is 3.15. The highest BCUT2D eigenvalue weighted by Crippen LogP contribution is 2.30. The third kappa shape index (κ3) is 6.26. The number of halogens is 1. The zero-order valence-corrected chi connectivity index (χ0v) is 17.2. The first kappa shape index (κ1) is 20.7. The van der Waals surface area contributed by atoms with Crippen LogP contribution in [0, 0.1) is 0 Å². The Morgan fingerprint density at radius 1 is 1.24 bits per heavy atom. The highest BCUT2D eigenvalue weighted by Gasteiger charge is 2.14. The van der Waals surface area contributed by atoms with Crippen LogP contribution < -0.4 is 14.8 Å². The van der Waals surface area contributed by atoms with E-state index in [4.69, 9.17) is 21.1 Å². The van der Waals surface area contributed by atoms with E-state index in [1.54, 1.807) is 31.8 Å². The quantitative estimate of drug-likeness (QED) is 0.557. The van der Waals surface area contributed by atoms with Crippen LogP contribution in [0.4, 0.5) is 5.69 Å². The van der Waals surface area contributed by atoms with Crippen molar-refractivity contribution in [3.05, 3.63) is 71.8 Å². The summed E-state index contributed by atoms with van der Waals surface area (Å²) < 4.78 is 13.7. The number of imidazole rings is 1. The Morgan fingerprint density at radius 2 is 2.03 bits per heavy atom. The number of carbonyl (C=O) groups is 1. The lowest BCUT2D eigenvalue weighted by Crippen LogP contribution is -2.23. The fraction of sp³-hybridized carbons (Fsp3) is 0.273. The Balaban J connectivity index is 1.73. The van der Waals surface area contributed by atoms with Gasteiger partial charge in [-0.25, -0.2) is 4.98 Å². The van der Waals surface area contributed by atoms with Crippen molar-refractivity contribution < 1.29 is 14.3 Å². The van der Waals surface area contributed by atoms with Crippen molar-refractivity contribution >= 4 is 23.2 Å². The molecule has 1 unspecified atom stereocenters. The van der Waals surface area contributed by atoms with Gasteiger partial charge in [-0.15, -0.1) is 0 Å². The van der Waals surface area contributed by atoms with E-state index in [2.05, 4.69) is 10.3 Å². The Morgan fingerprint density at radius 3 is 2.69 bits per heavy atom. The molecule has 3 aromatic rings. The number of amides is 1. The predicted molar refractivity (Wildman–Crippen MR) is 114 cm³/mol. The number of methoxy groups -OCH3 is 1. The average Bonchev–Trinajstić information content (AvgIpc) is 3.21. The molecule has 0 aliphatic rings. The Hall–Kier alpha value is -2.99. The van der Waals surface area contributed by atoms with Crippen molar-refractivity contribution in [2.45, 2.75) is 32.4 Å². The molecule has 1 heterocycles. The van der Waals surface area contributed by atoms with Crippen LogP contribution in [0.3, 0.4) is 0 Å². The maximum absolute atomic E-state index is 11.3. The second-order valence-corrected chi connectivity index (χ2v) is 7.14. The van der Waals surface area contributed by atoms with Crippen molar-refractivity contribution in [1.29, 1.82) is 0 Å². The summed E-state index contributed by atoms with van der Waals surface area (Å²) in [6.45, 7) is 2.13. The molecule has 0 fully saturated rings. The van der Waals surface area contributed by atoms with Crippen molar-refractivity contribution in [3.8, 4) is 11.5 Å². The predicted octanol–water partition coefficient (Wildman–Crippen LogP) is 4.58. The topological polar surface area (TPSA) is 65.4 Å². The Bertz CT molecular complexity index is 927. The van der Waals surface area contributed by atoms with E-state index in [1.165, 1.54) is 12.5 Å². The lowest BCUT2D eigenvalue weighted by atomic mass is 10.1. The molecule has 1 amide bonds. The summed E-state index contributed by atoms with van der Waals surface area (Å²) in [5.74, 6) is 1.08. The van der Waals surface area contributed by atoms with Gasteiger partial charge in [-0.3, -0.25) is 4.79 Å². The third-order valence-electron chi connectivity index (χ3n) is 4.43. The summed E-state index contributed by atoms with van der Waals surface area (Å²) in [4.78, 5) is 15.5. The van der Waals surface area contributed by atoms with Crippen LogP contribution >= 0.6 is 11.6 Å². The van der Waals surface area contributed by atoms with Gasteiger partial charge in [0.15, 0.2) is 0 Å². The summed E-state index contributed by atoms with van der Waals surface area (Å²) in [5.41, 5.74) is 1.81. The minimum Gasteiger partial charge on any atom is -0.494 e. The average molecular weight is 414 g/mol. The van der Waals surface area contributed by atoms with Gasteiger partial charge in [0.25, 0.3) is 0 Å². The summed E-state index contributed by atoms with van der Waals surface area (Å²) in [5, 5.41) is 3.48. The van der Waals surface area contributed by atoms with Gasteiger partial charge in [-0.2, -0.15) is 0 Å². The molecule has 0 saturated heterocycles. The summed E-state index contributed by atoms with van der Waals surface area (Å²) in [6, 6.07) is 13.3. The van der Waals surface area contributed by atoms with Crippen LogP contribution in [-0.4, -0.2) is 28.7 Å². The molecule has 0 saturated carbocycles. The SMILES string of the molecule is COc1cc(OC(CCc2ccc(Cl)cc2)Cn2ccnc2)ccc1NC(C)=O. The van der Waals surface area contributed by atoms with E-state index in [9.17, 15) is 4.79 Å². The molecule has 7 heteroatoms. The molecule has 1 N–H and O–H groups in total. The largest absolute Gasteiger partial charge is 0.494 e. The van der Waals surface area contributed by atoms with Crippen LogP contribution in [0.15, 0.2) is 61.2 Å². The lowest BCUT2D eigenvalue weighted by molar-refractivity contribution is -0.114. The summed E-state index contributed by atoms with van der Waals surface area (Å²) in [6.07, 6.45) is 7.05. The van der Waals surface area contributed by atoms with Gasteiger partial charge in [0, 0.05) is 30.4 Å². The molecular weight excluding hydrogens is 390 g/mol. The standard InChI is InChI=1S/C22H24ClN3O3/c1-16(27)25-21-10-9-19(13-22(21)28-2)29-20(14-26-12-11-24-15-26)8-5-17-3-6-18(23)7-4-17/h3-4,6-7,9-13,15,20H,5,8,14H2,1-2H3,(H,25,27). The van der Waals surface area contributed by atoms with Gasteiger partial charge in [-0.1, -0.05) is 23.7 Å². The molecule has 2 aromatic carbocycles. The first-order valence-corrected chi connectivity index (χ1v) is 9.74. The van der Waals surface area contributed by atoms with E-state index in [0.29, 0.717) is 23.7 Å². The van der Waals surface area contributed by atoms with E-state index in [1.807, 2.05) is 41.1 Å². The second kappa shape index (κ2) is 9.98. The van der Waals surface area contributed by atoms with Gasteiger partial charge in [0.1, 0.15) is 17.6 Å². The molecule has 1 atom stereocenters. The lowest BCUT2D eigenvalue weighted by Gasteiger charge is -2.21. The molecule has 0 spiro atoms. The van der Waals surface area contributed by atoms with Gasteiger partial charge < -0.3 is 19.4 Å². The number of ether oxygens (including phenoxy) is 2. The molecule has 3 rings (SSSR count). The fourth-order valence-electron chi connectivity index (χ4n) is 3.03. The smallest absolute Gasteiger partial charge is 0.221 e. The number of carbonyl (C=O) groups excluding carboxylic acids is 1. The van der Waals surface area contributed by atoms with E-state index < -0.39 is 0 Å². The minimum absolute atomic E-state index is 0.0730. The summed E-state index contributed by atoms with van der Waals surface area (Å²) >= 11 is 5.98. The van der Waals surface area contributed by atoms with Crippen LogP contribution in [0.5, 0.6) is 11.5 Å². The van der Waals surface area contributed by atoms with E-state index >= 15 is 0 Å². The summed E-state index contributed by atoms with van der Waals surface area (Å²) in [7, 11) is 1.56. The number of aromatic nitrogens is 2. The molecule has 1 aromatic heterocycles. The molecule has 0 aliphatic heterocycles. The zero-order valence-electron chi connectivity index (χ0n) is 16.5. The first-order valence-electron chi connectivity index (χ1n) is 9.36. The second-order valence-electron chi connectivity index (χ2n) is 6.71. The number of aryl methyl sites for hydroxylation is 1. The van der Waals surface area contributed by atoms with Crippen LogP contribution in [0.25, 0.3) is 0 Å². The van der Waals surface area contributed by atoms with Crippen LogP contribution in [0.1, 0.15) is 18.9 Å². The number of benzene rings is 2. The third-order valence-corrected chi connectivity index (χ3v) is 4.68. The molecule has 152 valence electrons. The Kier molecular flexibility index (Phi) is 7.14. The van der Waals surface area contributed by atoms with Crippen molar-refractivity contribution in [1.82, 2.24) is 9.55 Å². The van der Waals surface area contributed by atoms with Gasteiger partial charge >= 0.3 is 0 Å². The maximum atomic E-state index is 11.3. The Labute approximate surface area is 175 Å². The maximum Gasteiger partial charge on any atom is 0.221 e. The number of nitrogens with one attached hydrogen (secondary N) is 1. The van der Waals surface area contributed by atoms with Crippen LogP contribution in [-0.2, 0) is 17.8 Å². The van der Waals surface area contributed by atoms with Crippen LogP contribution in [0.2, 0.25) is 5.02 Å². The first-order chi connectivity index (χ1) is 14.0. The number of nitrogens with zero attached hydrogens (tertiary/aromatic N) is 2. The molecule has 0 bridgehead atoms. The van der Waals surface area contributed by atoms with E-state index in [-0.39, 0.29) is 12.0 Å². The van der Waals surface area contributed by atoms with E-state index in [0.717, 1.165) is 17.9 Å². The molecule has 0 radical (unpaired) electrons. The molecule has 0 aliphatic carbocycles. The normalized spacial score (nSPS) is 11.7. The minimum atomic E-state index is -0.155. The van der Waals surface area contributed by atoms with Crippen molar-refractivity contribution in [2.24, 2.45) is 0 Å². The highest BCUT2D eigenvalue weighted by atomic mass is 35.5.